The van der Waals surface area contributed by atoms with Crippen LogP contribution in [0.3, 0.4) is 0 Å². The van der Waals surface area contributed by atoms with Crippen molar-refractivity contribution in [2.24, 2.45) is 0 Å². The maximum atomic E-state index is 12.8. The minimum Gasteiger partial charge on any atom is -0.383 e. The lowest BCUT2D eigenvalue weighted by atomic mass is 10.0. The molecule has 2 aromatic carbocycles. The molecule has 2 heterocycles. The molecule has 0 aliphatic heterocycles. The molecule has 0 aliphatic rings. The molecule has 0 bridgehead atoms. The number of carbonyl (C=O) groups is 1. The number of aromatic nitrogens is 3. The van der Waals surface area contributed by atoms with Crippen molar-refractivity contribution in [3.05, 3.63) is 82.8 Å². The summed E-state index contributed by atoms with van der Waals surface area (Å²) in [5.74, 6) is 6.67. The number of rotatable bonds is 3. The number of nitrogens with two attached hydrogens (primary N) is 1. The summed E-state index contributed by atoms with van der Waals surface area (Å²) in [7, 11) is 0. The smallest absolute Gasteiger partial charge is 0.255 e. The first-order valence-corrected chi connectivity index (χ1v) is 10.4. The topological polar surface area (TPSA) is 85.8 Å². The summed E-state index contributed by atoms with van der Waals surface area (Å²) < 4.78 is 2.04. The largest absolute Gasteiger partial charge is 0.383 e. The van der Waals surface area contributed by atoms with Crippen LogP contribution in [-0.2, 0) is 0 Å². The number of fused-ring (bicyclic) bond motifs is 1. The molecule has 0 radical (unpaired) electrons. The van der Waals surface area contributed by atoms with Crippen LogP contribution in [0.2, 0.25) is 0 Å². The first kappa shape index (κ1) is 21.1. The number of aryl methyl sites for hydroxylation is 2. The van der Waals surface area contributed by atoms with Gasteiger partial charge in [0.15, 0.2) is 0 Å². The van der Waals surface area contributed by atoms with Gasteiger partial charge in [-0.2, -0.15) is 0 Å². The zero-order valence-corrected chi connectivity index (χ0v) is 18.6. The van der Waals surface area contributed by atoms with Crippen LogP contribution < -0.4 is 11.1 Å². The van der Waals surface area contributed by atoms with Gasteiger partial charge in [-0.1, -0.05) is 30.0 Å². The highest BCUT2D eigenvalue weighted by Crippen LogP contribution is 2.26. The number of anilines is 2. The van der Waals surface area contributed by atoms with Crippen LogP contribution in [0.4, 0.5) is 11.5 Å². The van der Waals surface area contributed by atoms with E-state index in [0.29, 0.717) is 11.4 Å². The van der Waals surface area contributed by atoms with E-state index >= 15 is 0 Å². The Balaban J connectivity index is 1.69. The molecular weight excluding hydrogens is 398 g/mol. The average Bonchev–Trinajstić information content (AvgIpc) is 3.13. The van der Waals surface area contributed by atoms with Gasteiger partial charge in [0.1, 0.15) is 17.8 Å². The Hall–Kier alpha value is -4.11. The van der Waals surface area contributed by atoms with Crippen LogP contribution in [0, 0.1) is 25.7 Å². The van der Waals surface area contributed by atoms with Gasteiger partial charge in [-0.3, -0.25) is 4.79 Å². The number of hydrogen-bond acceptors (Lipinski definition) is 4. The van der Waals surface area contributed by atoms with E-state index in [2.05, 4.69) is 41.0 Å². The predicted molar refractivity (Wildman–Crippen MR) is 129 cm³/mol. The Labute approximate surface area is 187 Å². The highest BCUT2D eigenvalue weighted by atomic mass is 16.1. The number of amides is 1. The maximum Gasteiger partial charge on any atom is 0.255 e. The molecule has 4 rings (SSSR count). The Bertz CT molecular complexity index is 1390. The molecule has 0 spiro atoms. The number of benzene rings is 2. The van der Waals surface area contributed by atoms with Crippen molar-refractivity contribution >= 4 is 28.4 Å². The molecule has 32 heavy (non-hydrogen) atoms. The van der Waals surface area contributed by atoms with E-state index in [1.54, 1.807) is 0 Å². The van der Waals surface area contributed by atoms with Gasteiger partial charge in [0.2, 0.25) is 0 Å². The monoisotopic (exact) mass is 423 g/mol. The lowest BCUT2D eigenvalue weighted by molar-refractivity contribution is 0.102. The maximum absolute atomic E-state index is 12.8. The van der Waals surface area contributed by atoms with Gasteiger partial charge < -0.3 is 15.6 Å². The summed E-state index contributed by atoms with van der Waals surface area (Å²) in [5.41, 5.74) is 11.8. The summed E-state index contributed by atoms with van der Waals surface area (Å²) >= 11 is 0. The average molecular weight is 424 g/mol. The molecule has 0 fully saturated rings. The fourth-order valence-electron chi connectivity index (χ4n) is 3.56. The van der Waals surface area contributed by atoms with Crippen molar-refractivity contribution in [3.8, 4) is 11.8 Å². The van der Waals surface area contributed by atoms with Gasteiger partial charge in [-0.15, -0.1) is 0 Å². The Morgan fingerprint density at radius 1 is 1.06 bits per heavy atom. The molecule has 0 aliphatic carbocycles. The van der Waals surface area contributed by atoms with Crippen LogP contribution in [0.1, 0.15) is 52.5 Å². The Morgan fingerprint density at radius 3 is 2.59 bits per heavy atom. The third-order valence-electron chi connectivity index (χ3n) is 5.30. The molecule has 0 unspecified atom stereocenters. The number of hydrogen-bond donors (Lipinski definition) is 2. The van der Waals surface area contributed by atoms with Gasteiger partial charge in [0, 0.05) is 29.1 Å². The molecule has 1 amide bonds. The molecule has 4 aromatic rings. The highest BCUT2D eigenvalue weighted by molar-refractivity contribution is 6.04. The van der Waals surface area contributed by atoms with Crippen LogP contribution in [0.5, 0.6) is 0 Å². The zero-order valence-electron chi connectivity index (χ0n) is 18.6. The molecule has 6 nitrogen and oxygen atoms in total. The first-order chi connectivity index (χ1) is 15.3. The molecule has 160 valence electrons. The van der Waals surface area contributed by atoms with E-state index in [-0.39, 0.29) is 11.9 Å². The number of nitrogens with zero attached hydrogens (tertiary/aromatic N) is 3. The second-order valence-corrected chi connectivity index (χ2v) is 8.10. The molecule has 2 aromatic heterocycles. The van der Waals surface area contributed by atoms with Gasteiger partial charge in [-0.05, 0) is 63.1 Å². The van der Waals surface area contributed by atoms with E-state index in [1.165, 1.54) is 6.33 Å². The quantitative estimate of drug-likeness (QED) is 0.461. The molecule has 3 N–H and O–H groups in total. The molecule has 0 atom stereocenters. The zero-order chi connectivity index (χ0) is 22.8. The van der Waals surface area contributed by atoms with Crippen molar-refractivity contribution in [1.82, 2.24) is 14.5 Å². The fourth-order valence-corrected chi connectivity index (χ4v) is 3.56. The van der Waals surface area contributed by atoms with Crippen LogP contribution in [-0.4, -0.2) is 20.4 Å². The van der Waals surface area contributed by atoms with E-state index in [4.69, 9.17) is 5.73 Å². The molecular formula is C26H25N5O. The summed E-state index contributed by atoms with van der Waals surface area (Å²) in [6.45, 7) is 8.12. The van der Waals surface area contributed by atoms with Crippen molar-refractivity contribution in [2.45, 2.75) is 33.7 Å². The Kier molecular flexibility index (Phi) is 5.65. The second-order valence-electron chi connectivity index (χ2n) is 8.10. The van der Waals surface area contributed by atoms with Crippen molar-refractivity contribution < 1.29 is 4.79 Å². The third kappa shape index (κ3) is 4.19. The van der Waals surface area contributed by atoms with Gasteiger partial charge >= 0.3 is 0 Å². The van der Waals surface area contributed by atoms with Crippen LogP contribution >= 0.6 is 0 Å². The lowest BCUT2D eigenvalue weighted by Crippen LogP contribution is -2.12. The van der Waals surface area contributed by atoms with E-state index in [9.17, 15) is 4.79 Å². The van der Waals surface area contributed by atoms with Crippen LogP contribution in [0.15, 0.2) is 55.0 Å². The fraction of sp³-hybridized carbons (Fsp3) is 0.192. The van der Waals surface area contributed by atoms with Crippen molar-refractivity contribution in [3.63, 3.8) is 0 Å². The predicted octanol–water partition coefficient (Wildman–Crippen LogP) is 4.86. The van der Waals surface area contributed by atoms with E-state index in [0.717, 1.165) is 39.0 Å². The summed E-state index contributed by atoms with van der Waals surface area (Å²) in [4.78, 5) is 21.3. The molecule has 0 saturated carbocycles. The van der Waals surface area contributed by atoms with E-state index in [1.807, 2.05) is 67.1 Å². The minimum absolute atomic E-state index is 0.173. The standard InChI is InChI=1S/C26H25N5O/c1-16(2)31-14-21(23-24(27)28-15-29-25(23)31)11-10-19-13-20(9-8-18(19)4)26(32)30-22-7-5-6-17(3)12-22/h5-9,12-16H,1-4H3,(H,30,32)(H2,27,28,29). The van der Waals surface area contributed by atoms with E-state index < -0.39 is 0 Å². The van der Waals surface area contributed by atoms with Gasteiger partial charge in [0.05, 0.1) is 10.9 Å². The SMILES string of the molecule is Cc1cccc(NC(=O)c2ccc(C)c(C#Cc3cn(C(C)C)c4ncnc(N)c34)c2)c1. The Morgan fingerprint density at radius 2 is 1.84 bits per heavy atom. The molecule has 6 heteroatoms. The number of nitrogen functional groups attached to an aromatic ring is 1. The normalized spacial score (nSPS) is 10.8. The second kappa shape index (κ2) is 8.56. The van der Waals surface area contributed by atoms with Gasteiger partial charge in [-0.25, -0.2) is 9.97 Å². The third-order valence-corrected chi connectivity index (χ3v) is 5.30. The van der Waals surface area contributed by atoms with Crippen molar-refractivity contribution in [2.75, 3.05) is 11.1 Å². The molecule has 0 saturated heterocycles. The number of carbonyl (C=O) groups excluding carboxylic acids is 1. The highest BCUT2D eigenvalue weighted by Gasteiger charge is 2.14. The lowest BCUT2D eigenvalue weighted by Gasteiger charge is -2.07. The summed E-state index contributed by atoms with van der Waals surface area (Å²) in [6.07, 6.45) is 3.42. The summed E-state index contributed by atoms with van der Waals surface area (Å²) in [6, 6.07) is 13.4. The van der Waals surface area contributed by atoms with Crippen LogP contribution in [0.25, 0.3) is 11.0 Å². The van der Waals surface area contributed by atoms with Gasteiger partial charge in [0.25, 0.3) is 5.91 Å². The van der Waals surface area contributed by atoms with Crippen molar-refractivity contribution in [1.29, 1.82) is 0 Å². The minimum atomic E-state index is -0.173. The first-order valence-electron chi connectivity index (χ1n) is 10.4. The number of nitrogens with one attached hydrogen (secondary N) is 1. The summed E-state index contributed by atoms with van der Waals surface area (Å²) in [5, 5.41) is 3.69.